The van der Waals surface area contributed by atoms with Crippen molar-refractivity contribution in [3.8, 4) is 0 Å². The normalized spacial score (nSPS) is 16.5. The molecule has 0 unspecified atom stereocenters. The van der Waals surface area contributed by atoms with Gasteiger partial charge in [-0.25, -0.2) is 9.98 Å². The molecule has 1 atom stereocenters. The number of hydrogen-bond acceptors (Lipinski definition) is 6. The minimum Gasteiger partial charge on any atom is -0.450 e. The molecule has 1 aliphatic heterocycles. The number of aryl methyl sites for hydroxylation is 1. The Bertz CT molecular complexity index is 2100. The zero-order valence-electron chi connectivity index (χ0n) is 21.2. The molecule has 8 rings (SSSR count). The van der Waals surface area contributed by atoms with Gasteiger partial charge < -0.3 is 9.40 Å². The second-order valence-electron chi connectivity index (χ2n) is 9.84. The van der Waals surface area contributed by atoms with E-state index in [0.717, 1.165) is 40.3 Å². The van der Waals surface area contributed by atoms with Crippen LogP contribution in [-0.2, 0) is 6.42 Å². The summed E-state index contributed by atoms with van der Waals surface area (Å²) < 4.78 is 8.56. The predicted molar refractivity (Wildman–Crippen MR) is 158 cm³/mol. The standard InChI is InChI=1S/C32H22N4O2S2/c37-30-26(18-21-15-17-27(38-21)40-31-33-24-12-6-7-13-25(24)34-31)39-32-35-28-22-11-5-4-8-19(22)14-16-23(28)29(36(30)32)20-9-2-1-3-10-20/h1-13,15,17-18,29H,14,16H2,(H,33,34)/b26-18-/t29-/m0/s1. The van der Waals surface area contributed by atoms with E-state index < -0.39 is 0 Å². The van der Waals surface area contributed by atoms with Crippen LogP contribution in [0.1, 0.15) is 34.9 Å². The average Bonchev–Trinajstić information content (AvgIpc) is 3.69. The molecule has 0 bridgehead atoms. The molecule has 0 radical (unpaired) electrons. The van der Waals surface area contributed by atoms with Gasteiger partial charge in [0.15, 0.2) is 15.1 Å². The molecule has 194 valence electrons. The first-order chi connectivity index (χ1) is 19.7. The lowest BCUT2D eigenvalue weighted by atomic mass is 9.83. The van der Waals surface area contributed by atoms with E-state index in [0.29, 0.717) is 20.2 Å². The zero-order valence-corrected chi connectivity index (χ0v) is 22.8. The summed E-state index contributed by atoms with van der Waals surface area (Å²) in [6.07, 6.45) is 3.64. The number of H-pyrrole nitrogens is 1. The Hall–Kier alpha value is -4.40. The number of hydrogen-bond donors (Lipinski definition) is 1. The number of benzene rings is 3. The van der Waals surface area contributed by atoms with Crippen molar-refractivity contribution in [1.29, 1.82) is 0 Å². The van der Waals surface area contributed by atoms with E-state index in [2.05, 4.69) is 46.4 Å². The molecule has 0 amide bonds. The largest absolute Gasteiger partial charge is 0.450 e. The van der Waals surface area contributed by atoms with Gasteiger partial charge in [0.1, 0.15) is 5.76 Å². The first-order valence-corrected chi connectivity index (χ1v) is 14.7. The molecule has 6 aromatic rings. The molecule has 0 spiro atoms. The van der Waals surface area contributed by atoms with Gasteiger partial charge in [-0.3, -0.25) is 9.36 Å². The number of imidazole rings is 1. The van der Waals surface area contributed by atoms with E-state index >= 15 is 0 Å². The number of rotatable bonds is 4. The quantitative estimate of drug-likeness (QED) is 0.291. The highest BCUT2D eigenvalue weighted by atomic mass is 32.2. The van der Waals surface area contributed by atoms with Gasteiger partial charge in [0.25, 0.3) is 5.56 Å². The van der Waals surface area contributed by atoms with Crippen LogP contribution in [0.25, 0.3) is 22.8 Å². The first kappa shape index (κ1) is 23.5. The number of furan rings is 1. The lowest BCUT2D eigenvalue weighted by Gasteiger charge is -2.30. The Kier molecular flexibility index (Phi) is 5.50. The molecule has 0 saturated heterocycles. The van der Waals surface area contributed by atoms with Crippen molar-refractivity contribution >= 4 is 45.9 Å². The molecule has 2 aliphatic rings. The second-order valence-corrected chi connectivity index (χ2v) is 11.8. The van der Waals surface area contributed by atoms with Gasteiger partial charge in [-0.15, -0.1) is 0 Å². The van der Waals surface area contributed by atoms with Gasteiger partial charge in [0.2, 0.25) is 0 Å². The second kappa shape index (κ2) is 9.36. The van der Waals surface area contributed by atoms with E-state index in [4.69, 9.17) is 9.41 Å². The number of nitrogens with zero attached hydrogens (tertiary/aromatic N) is 3. The van der Waals surface area contributed by atoms with E-state index in [9.17, 15) is 4.79 Å². The molecule has 4 heterocycles. The molecule has 0 fully saturated rings. The summed E-state index contributed by atoms with van der Waals surface area (Å²) in [6.45, 7) is 0. The summed E-state index contributed by atoms with van der Waals surface area (Å²) in [6, 6.07) is 30.3. The third-order valence-corrected chi connectivity index (χ3v) is 9.22. The van der Waals surface area contributed by atoms with Crippen LogP contribution in [0.3, 0.4) is 0 Å². The summed E-state index contributed by atoms with van der Waals surface area (Å²) in [7, 11) is 0. The fourth-order valence-corrected chi connectivity index (χ4v) is 7.38. The smallest absolute Gasteiger partial charge is 0.271 e. The molecule has 1 N–H and O–H groups in total. The topological polar surface area (TPSA) is 76.2 Å². The molecule has 0 saturated carbocycles. The van der Waals surface area contributed by atoms with E-state index in [1.54, 1.807) is 0 Å². The molecule has 3 aromatic heterocycles. The van der Waals surface area contributed by atoms with Gasteiger partial charge in [-0.1, -0.05) is 78.1 Å². The fraction of sp³-hybridized carbons (Fsp3) is 0.0938. The third kappa shape index (κ3) is 3.91. The van der Waals surface area contributed by atoms with E-state index in [1.165, 1.54) is 39.8 Å². The summed E-state index contributed by atoms with van der Waals surface area (Å²) >= 11 is 2.83. The van der Waals surface area contributed by atoms with Crippen LogP contribution < -0.4 is 14.9 Å². The van der Waals surface area contributed by atoms with Crippen molar-refractivity contribution in [2.45, 2.75) is 29.1 Å². The third-order valence-electron chi connectivity index (χ3n) is 7.43. The van der Waals surface area contributed by atoms with Crippen molar-refractivity contribution in [2.75, 3.05) is 0 Å². The average molecular weight is 559 g/mol. The van der Waals surface area contributed by atoms with Gasteiger partial charge in [-0.05, 0) is 65.6 Å². The van der Waals surface area contributed by atoms with Gasteiger partial charge in [0.05, 0.1) is 27.3 Å². The van der Waals surface area contributed by atoms with Crippen LogP contribution in [0.2, 0.25) is 0 Å². The number of aromatic nitrogens is 3. The van der Waals surface area contributed by atoms with Crippen LogP contribution in [0.4, 0.5) is 0 Å². The van der Waals surface area contributed by atoms with Crippen molar-refractivity contribution in [3.63, 3.8) is 0 Å². The van der Waals surface area contributed by atoms with Crippen molar-refractivity contribution < 1.29 is 4.42 Å². The van der Waals surface area contributed by atoms with Crippen LogP contribution in [0.5, 0.6) is 0 Å². The summed E-state index contributed by atoms with van der Waals surface area (Å²) in [5, 5.41) is 1.46. The van der Waals surface area contributed by atoms with Gasteiger partial charge in [-0.2, -0.15) is 0 Å². The van der Waals surface area contributed by atoms with Gasteiger partial charge in [0, 0.05) is 11.6 Å². The minimum atomic E-state index is -0.182. The first-order valence-electron chi connectivity index (χ1n) is 13.1. The van der Waals surface area contributed by atoms with Crippen LogP contribution in [0.15, 0.2) is 121 Å². The Morgan fingerprint density at radius 2 is 1.77 bits per heavy atom. The Morgan fingerprint density at radius 3 is 2.67 bits per heavy atom. The molecule has 1 aliphatic carbocycles. The minimum absolute atomic E-state index is 0.0501. The molecule has 3 aromatic carbocycles. The molecule has 40 heavy (non-hydrogen) atoms. The van der Waals surface area contributed by atoms with Crippen LogP contribution in [0, 0.1) is 0 Å². The highest BCUT2D eigenvalue weighted by molar-refractivity contribution is 7.99. The lowest BCUT2D eigenvalue weighted by molar-refractivity contribution is 0.466. The number of thiazole rings is 1. The number of aromatic amines is 1. The molecular weight excluding hydrogens is 537 g/mol. The Balaban J connectivity index is 1.22. The maximum atomic E-state index is 13.9. The predicted octanol–water partition coefficient (Wildman–Crippen LogP) is 5.94. The Labute approximate surface area is 237 Å². The lowest BCUT2D eigenvalue weighted by Crippen LogP contribution is -2.38. The van der Waals surface area contributed by atoms with E-state index in [-0.39, 0.29) is 11.6 Å². The number of allylic oxidation sites excluding steroid dienone is 1. The molecule has 6 nitrogen and oxygen atoms in total. The van der Waals surface area contributed by atoms with E-state index in [1.807, 2.05) is 65.2 Å². The fourth-order valence-electron chi connectivity index (χ4n) is 5.63. The molecular formula is C32H22N4O2S2. The maximum Gasteiger partial charge on any atom is 0.271 e. The maximum absolute atomic E-state index is 13.9. The van der Waals surface area contributed by atoms with Crippen LogP contribution in [-0.4, -0.2) is 14.5 Å². The number of para-hydroxylation sites is 2. The summed E-state index contributed by atoms with van der Waals surface area (Å²) in [5.74, 6) is 0.620. The monoisotopic (exact) mass is 558 g/mol. The number of fused-ring (bicyclic) bond motifs is 4. The van der Waals surface area contributed by atoms with Crippen molar-refractivity contribution in [1.82, 2.24) is 14.5 Å². The van der Waals surface area contributed by atoms with Crippen molar-refractivity contribution in [3.05, 3.63) is 139 Å². The highest BCUT2D eigenvalue weighted by Gasteiger charge is 2.32. The SMILES string of the molecule is O=c1/c(=C/c2ccc(Sc3nc4ccccc4[nH]3)o2)sc2n1[C@@H](c1ccccc1)C1=C(N=2)c2ccccc2CC1. The molecule has 8 heteroatoms. The highest BCUT2D eigenvalue weighted by Crippen LogP contribution is 2.41. The summed E-state index contributed by atoms with van der Waals surface area (Å²) in [4.78, 5) is 27.6. The van der Waals surface area contributed by atoms with Gasteiger partial charge >= 0.3 is 0 Å². The zero-order chi connectivity index (χ0) is 26.6. The summed E-state index contributed by atoms with van der Waals surface area (Å²) in [5.41, 5.74) is 7.62. The van der Waals surface area contributed by atoms with Crippen LogP contribution >= 0.6 is 23.1 Å². The Morgan fingerprint density at radius 1 is 0.950 bits per heavy atom. The van der Waals surface area contributed by atoms with Crippen molar-refractivity contribution in [2.24, 2.45) is 4.99 Å². The number of nitrogens with one attached hydrogen (secondary N) is 1.